The van der Waals surface area contributed by atoms with E-state index in [0.29, 0.717) is 5.69 Å². The van der Waals surface area contributed by atoms with E-state index in [1.165, 1.54) is 12.4 Å². The topological polar surface area (TPSA) is 111 Å². The molecule has 0 aliphatic carbocycles. The number of ether oxygens (including phenoxy) is 1. The zero-order valence-corrected chi connectivity index (χ0v) is 13.4. The molecule has 1 atom stereocenters. The Bertz CT molecular complexity index is 527. The fourth-order valence-corrected chi connectivity index (χ4v) is 2.43. The Morgan fingerprint density at radius 2 is 2.05 bits per heavy atom. The Hall–Kier alpha value is -1.50. The SMILES string of the molecule is CCOP(=O)(O)Cc1cnc(NC(=O)OC(C)(C)C)cn1. The normalized spacial score (nSPS) is 14.3. The van der Waals surface area contributed by atoms with Gasteiger partial charge in [0.25, 0.3) is 0 Å². The molecule has 1 rings (SSSR count). The summed E-state index contributed by atoms with van der Waals surface area (Å²) in [7, 11) is -3.70. The first-order valence-corrected chi connectivity index (χ1v) is 8.15. The maximum atomic E-state index is 11.6. The molecule has 1 heterocycles. The van der Waals surface area contributed by atoms with E-state index < -0.39 is 19.3 Å². The molecule has 0 bridgehead atoms. The van der Waals surface area contributed by atoms with E-state index in [-0.39, 0.29) is 18.6 Å². The van der Waals surface area contributed by atoms with Gasteiger partial charge in [0.2, 0.25) is 0 Å². The van der Waals surface area contributed by atoms with Crippen LogP contribution in [0, 0.1) is 0 Å². The number of amides is 1. The molecule has 0 spiro atoms. The van der Waals surface area contributed by atoms with E-state index in [0.717, 1.165) is 0 Å². The lowest BCUT2D eigenvalue weighted by Gasteiger charge is -2.19. The van der Waals surface area contributed by atoms with Crippen LogP contribution in [0.4, 0.5) is 10.6 Å². The maximum absolute atomic E-state index is 11.6. The predicted molar refractivity (Wildman–Crippen MR) is 77.0 cm³/mol. The number of carbonyl (C=O) groups is 1. The number of rotatable bonds is 5. The monoisotopic (exact) mass is 317 g/mol. The third kappa shape index (κ3) is 7.17. The van der Waals surface area contributed by atoms with Crippen molar-refractivity contribution in [3.05, 3.63) is 18.1 Å². The Morgan fingerprint density at radius 1 is 1.38 bits per heavy atom. The molecule has 9 heteroatoms. The highest BCUT2D eigenvalue weighted by Crippen LogP contribution is 2.44. The molecule has 1 aromatic rings. The van der Waals surface area contributed by atoms with Crippen molar-refractivity contribution >= 4 is 19.5 Å². The summed E-state index contributed by atoms with van der Waals surface area (Å²) >= 11 is 0. The third-order valence-electron chi connectivity index (χ3n) is 2.03. The van der Waals surface area contributed by atoms with Gasteiger partial charge in [-0.15, -0.1) is 0 Å². The average molecular weight is 317 g/mol. The summed E-state index contributed by atoms with van der Waals surface area (Å²) in [5, 5.41) is 2.42. The van der Waals surface area contributed by atoms with Crippen molar-refractivity contribution in [2.24, 2.45) is 0 Å². The Kier molecular flexibility index (Phi) is 5.83. The summed E-state index contributed by atoms with van der Waals surface area (Å²) in [6.07, 6.45) is 1.70. The number of anilines is 1. The Morgan fingerprint density at radius 3 is 2.52 bits per heavy atom. The predicted octanol–water partition coefficient (Wildman–Crippen LogP) is 2.55. The summed E-state index contributed by atoms with van der Waals surface area (Å²) in [4.78, 5) is 28.9. The molecule has 0 aliphatic heterocycles. The maximum Gasteiger partial charge on any atom is 0.413 e. The van der Waals surface area contributed by atoms with Gasteiger partial charge in [-0.3, -0.25) is 14.9 Å². The lowest BCUT2D eigenvalue weighted by Crippen LogP contribution is -2.27. The van der Waals surface area contributed by atoms with Crippen LogP contribution in [-0.2, 0) is 20.0 Å². The third-order valence-corrected chi connectivity index (χ3v) is 3.41. The lowest BCUT2D eigenvalue weighted by atomic mass is 10.2. The molecule has 0 aromatic carbocycles. The first-order valence-electron chi connectivity index (χ1n) is 6.38. The van der Waals surface area contributed by atoms with Gasteiger partial charge in [0, 0.05) is 0 Å². The second kappa shape index (κ2) is 6.98. The van der Waals surface area contributed by atoms with E-state index >= 15 is 0 Å². The van der Waals surface area contributed by atoms with Gasteiger partial charge in [-0.05, 0) is 27.7 Å². The van der Waals surface area contributed by atoms with Gasteiger partial charge in [0.15, 0.2) is 5.82 Å². The van der Waals surface area contributed by atoms with Crippen LogP contribution in [0.1, 0.15) is 33.4 Å². The molecule has 2 N–H and O–H groups in total. The van der Waals surface area contributed by atoms with Crippen LogP contribution in [0.3, 0.4) is 0 Å². The lowest BCUT2D eigenvalue weighted by molar-refractivity contribution is 0.0635. The number of carbonyl (C=O) groups excluding carboxylic acids is 1. The van der Waals surface area contributed by atoms with Crippen LogP contribution < -0.4 is 5.32 Å². The summed E-state index contributed by atoms with van der Waals surface area (Å²) in [6, 6.07) is 0. The van der Waals surface area contributed by atoms with E-state index in [9.17, 15) is 14.3 Å². The zero-order chi connectivity index (χ0) is 16.1. The van der Waals surface area contributed by atoms with E-state index in [4.69, 9.17) is 9.26 Å². The molecule has 8 nitrogen and oxygen atoms in total. The second-order valence-corrected chi connectivity index (χ2v) is 7.08. The average Bonchev–Trinajstić information content (AvgIpc) is 2.28. The smallest absolute Gasteiger partial charge is 0.413 e. The van der Waals surface area contributed by atoms with Crippen molar-refractivity contribution in [1.29, 1.82) is 0 Å². The molecule has 0 saturated carbocycles. The van der Waals surface area contributed by atoms with Crippen molar-refractivity contribution in [2.75, 3.05) is 11.9 Å². The minimum atomic E-state index is -3.70. The minimum absolute atomic E-state index is 0.138. The number of nitrogens with one attached hydrogen (secondary N) is 1. The highest BCUT2D eigenvalue weighted by atomic mass is 31.2. The largest absolute Gasteiger partial charge is 0.444 e. The summed E-state index contributed by atoms with van der Waals surface area (Å²) in [5.74, 6) is 0.192. The van der Waals surface area contributed by atoms with Gasteiger partial charge < -0.3 is 14.2 Å². The molecule has 0 aliphatic rings. The van der Waals surface area contributed by atoms with Crippen LogP contribution in [0.5, 0.6) is 0 Å². The van der Waals surface area contributed by atoms with Gasteiger partial charge in [-0.2, -0.15) is 0 Å². The molecule has 0 radical (unpaired) electrons. The van der Waals surface area contributed by atoms with Crippen molar-refractivity contribution < 1.29 is 23.5 Å². The van der Waals surface area contributed by atoms with Crippen molar-refractivity contribution in [1.82, 2.24) is 9.97 Å². The van der Waals surface area contributed by atoms with Crippen molar-refractivity contribution in [2.45, 2.75) is 39.5 Å². The van der Waals surface area contributed by atoms with Crippen molar-refractivity contribution in [3.8, 4) is 0 Å². The number of hydrogen-bond acceptors (Lipinski definition) is 6. The van der Waals surface area contributed by atoms with Gasteiger partial charge in [-0.1, -0.05) is 0 Å². The quantitative estimate of drug-likeness (QED) is 0.803. The zero-order valence-electron chi connectivity index (χ0n) is 12.5. The van der Waals surface area contributed by atoms with Gasteiger partial charge in [0.1, 0.15) is 5.60 Å². The molecule has 1 aromatic heterocycles. The van der Waals surface area contributed by atoms with Crippen LogP contribution in [-0.4, -0.2) is 33.2 Å². The molecule has 0 saturated heterocycles. The summed E-state index contributed by atoms with van der Waals surface area (Å²) in [6.45, 7) is 7.00. The number of nitrogens with zero attached hydrogens (tertiary/aromatic N) is 2. The highest BCUT2D eigenvalue weighted by molar-refractivity contribution is 7.51. The Balaban J connectivity index is 2.62. The highest BCUT2D eigenvalue weighted by Gasteiger charge is 2.21. The summed E-state index contributed by atoms with van der Waals surface area (Å²) in [5.41, 5.74) is -0.317. The van der Waals surface area contributed by atoms with Crippen LogP contribution in [0.25, 0.3) is 0 Å². The number of aromatic nitrogens is 2. The van der Waals surface area contributed by atoms with Crippen molar-refractivity contribution in [3.63, 3.8) is 0 Å². The summed E-state index contributed by atoms with van der Waals surface area (Å²) < 4.78 is 21.4. The van der Waals surface area contributed by atoms with E-state index in [2.05, 4.69) is 15.3 Å². The molecule has 21 heavy (non-hydrogen) atoms. The minimum Gasteiger partial charge on any atom is -0.444 e. The molecule has 1 unspecified atom stereocenters. The number of hydrogen-bond donors (Lipinski definition) is 2. The molecular formula is C12H20N3O5P. The van der Waals surface area contributed by atoms with E-state index in [1.807, 2.05) is 0 Å². The van der Waals surface area contributed by atoms with Crippen LogP contribution in [0.2, 0.25) is 0 Å². The fourth-order valence-electron chi connectivity index (χ4n) is 1.36. The first kappa shape index (κ1) is 17.6. The fraction of sp³-hybridized carbons (Fsp3) is 0.583. The standard InChI is InChI=1S/C12H20N3O5P/c1-5-19-21(17,18)8-9-6-14-10(7-13-9)15-11(16)20-12(2,3)4/h6-7H,5,8H2,1-4H3,(H,17,18)(H,14,15,16). The molecule has 1 amide bonds. The first-order chi connectivity index (χ1) is 9.61. The molecule has 118 valence electrons. The molecular weight excluding hydrogens is 297 g/mol. The van der Waals surface area contributed by atoms with Crippen LogP contribution >= 0.6 is 7.60 Å². The second-order valence-electron chi connectivity index (χ2n) is 5.23. The van der Waals surface area contributed by atoms with Gasteiger partial charge >= 0.3 is 13.7 Å². The van der Waals surface area contributed by atoms with Gasteiger partial charge in [-0.25, -0.2) is 9.78 Å². The van der Waals surface area contributed by atoms with Gasteiger partial charge in [0.05, 0.1) is 30.9 Å². The van der Waals surface area contributed by atoms with Crippen LogP contribution in [0.15, 0.2) is 12.4 Å². The molecule has 0 fully saturated rings. The Labute approximate surface area is 123 Å². The van der Waals surface area contributed by atoms with E-state index in [1.54, 1.807) is 27.7 Å².